The fourth-order valence-electron chi connectivity index (χ4n) is 1.29. The maximum atomic E-state index is 12.1. The van der Waals surface area contributed by atoms with Gasteiger partial charge in [0.15, 0.2) is 0 Å². The minimum absolute atomic E-state index is 0.0180. The number of benzene rings is 1. The summed E-state index contributed by atoms with van der Waals surface area (Å²) >= 11 is 0. The van der Waals surface area contributed by atoms with Gasteiger partial charge in [-0.1, -0.05) is 0 Å². The molecule has 90 valence electrons. The molecule has 0 unspecified atom stereocenters. The minimum atomic E-state index is -3.16. The zero-order valence-electron chi connectivity index (χ0n) is 8.48. The van der Waals surface area contributed by atoms with Crippen LogP contribution in [-0.2, 0) is 6.54 Å². The van der Waals surface area contributed by atoms with Crippen molar-refractivity contribution in [2.75, 3.05) is 0 Å². The standard InChI is InChI=1S/C10H8F2N2O3/c11-10(12)17-8-6(4-14)1-5(3-13)2-7(8)9(15)16/h1-2,10H,4,14H2,(H,15,16). The van der Waals surface area contributed by atoms with E-state index < -0.39 is 23.9 Å². The molecule has 0 aliphatic carbocycles. The minimum Gasteiger partial charge on any atom is -0.478 e. The van der Waals surface area contributed by atoms with E-state index in [9.17, 15) is 13.6 Å². The lowest BCUT2D eigenvalue weighted by molar-refractivity contribution is -0.0509. The normalized spacial score (nSPS) is 10.1. The van der Waals surface area contributed by atoms with E-state index in [1.54, 1.807) is 6.07 Å². The molecule has 0 atom stereocenters. The van der Waals surface area contributed by atoms with Crippen molar-refractivity contribution in [2.24, 2.45) is 5.73 Å². The van der Waals surface area contributed by atoms with E-state index in [0.717, 1.165) is 6.07 Å². The number of rotatable bonds is 4. The maximum Gasteiger partial charge on any atom is 0.387 e. The summed E-state index contributed by atoms with van der Waals surface area (Å²) in [5.41, 5.74) is 4.84. The van der Waals surface area contributed by atoms with Gasteiger partial charge in [0, 0.05) is 12.1 Å². The lowest BCUT2D eigenvalue weighted by Gasteiger charge is -2.12. The molecular weight excluding hydrogens is 234 g/mol. The smallest absolute Gasteiger partial charge is 0.387 e. The first-order valence-electron chi connectivity index (χ1n) is 4.44. The van der Waals surface area contributed by atoms with Crippen molar-refractivity contribution in [1.29, 1.82) is 5.26 Å². The number of hydrogen-bond acceptors (Lipinski definition) is 4. The lowest BCUT2D eigenvalue weighted by atomic mass is 10.0. The van der Waals surface area contributed by atoms with E-state index in [-0.39, 0.29) is 17.7 Å². The van der Waals surface area contributed by atoms with Gasteiger partial charge in [0.1, 0.15) is 11.3 Å². The first kappa shape index (κ1) is 12.9. The first-order chi connectivity index (χ1) is 7.99. The van der Waals surface area contributed by atoms with Crippen LogP contribution in [0.15, 0.2) is 12.1 Å². The number of carboxylic acid groups (broad SMARTS) is 1. The van der Waals surface area contributed by atoms with E-state index >= 15 is 0 Å². The Labute approximate surface area is 95.0 Å². The van der Waals surface area contributed by atoms with Crippen LogP contribution in [-0.4, -0.2) is 17.7 Å². The van der Waals surface area contributed by atoms with Crippen molar-refractivity contribution in [1.82, 2.24) is 0 Å². The molecule has 0 saturated carbocycles. The molecule has 0 amide bonds. The van der Waals surface area contributed by atoms with Gasteiger partial charge in [-0.15, -0.1) is 0 Å². The Balaban J connectivity index is 3.42. The van der Waals surface area contributed by atoms with Crippen molar-refractivity contribution in [3.63, 3.8) is 0 Å². The van der Waals surface area contributed by atoms with Crippen molar-refractivity contribution < 1.29 is 23.4 Å². The van der Waals surface area contributed by atoms with Gasteiger partial charge in [-0.05, 0) is 12.1 Å². The fourth-order valence-corrected chi connectivity index (χ4v) is 1.29. The molecule has 0 fully saturated rings. The number of halogens is 2. The molecule has 0 heterocycles. The highest BCUT2D eigenvalue weighted by Crippen LogP contribution is 2.27. The van der Waals surface area contributed by atoms with E-state index in [1.807, 2.05) is 0 Å². The third-order valence-corrected chi connectivity index (χ3v) is 1.95. The molecule has 1 aromatic rings. The first-order valence-corrected chi connectivity index (χ1v) is 4.44. The molecule has 0 bridgehead atoms. The van der Waals surface area contributed by atoms with Crippen LogP contribution in [0.2, 0.25) is 0 Å². The van der Waals surface area contributed by atoms with Gasteiger partial charge in [-0.3, -0.25) is 0 Å². The number of nitriles is 1. The van der Waals surface area contributed by atoms with E-state index in [1.165, 1.54) is 6.07 Å². The average molecular weight is 242 g/mol. The summed E-state index contributed by atoms with van der Waals surface area (Å²) in [6.45, 7) is -3.37. The Bertz CT molecular complexity index is 483. The molecule has 0 radical (unpaired) electrons. The van der Waals surface area contributed by atoms with Gasteiger partial charge >= 0.3 is 12.6 Å². The van der Waals surface area contributed by atoms with Gasteiger partial charge in [-0.2, -0.15) is 14.0 Å². The summed E-state index contributed by atoms with van der Waals surface area (Å²) in [6.07, 6.45) is 0. The highest BCUT2D eigenvalue weighted by Gasteiger charge is 2.20. The highest BCUT2D eigenvalue weighted by atomic mass is 19.3. The van der Waals surface area contributed by atoms with Crippen LogP contribution in [0, 0.1) is 11.3 Å². The second-order valence-corrected chi connectivity index (χ2v) is 3.01. The summed E-state index contributed by atoms with van der Waals surface area (Å²) in [5, 5.41) is 17.5. The van der Waals surface area contributed by atoms with Crippen molar-refractivity contribution >= 4 is 5.97 Å². The molecule has 0 spiro atoms. The lowest BCUT2D eigenvalue weighted by Crippen LogP contribution is -2.12. The van der Waals surface area contributed by atoms with Crippen molar-refractivity contribution in [3.8, 4) is 11.8 Å². The zero-order valence-corrected chi connectivity index (χ0v) is 8.48. The van der Waals surface area contributed by atoms with Gasteiger partial charge in [-0.25, -0.2) is 4.79 Å². The van der Waals surface area contributed by atoms with Crippen LogP contribution in [0.25, 0.3) is 0 Å². The monoisotopic (exact) mass is 242 g/mol. The molecule has 17 heavy (non-hydrogen) atoms. The molecular formula is C10H8F2N2O3. The molecule has 0 aromatic heterocycles. The number of hydrogen-bond donors (Lipinski definition) is 2. The Morgan fingerprint density at radius 3 is 2.65 bits per heavy atom. The number of nitrogens with two attached hydrogens (primary N) is 1. The van der Waals surface area contributed by atoms with Gasteiger partial charge in [0.25, 0.3) is 0 Å². The Morgan fingerprint density at radius 1 is 1.59 bits per heavy atom. The number of alkyl halides is 2. The molecule has 0 saturated heterocycles. The topological polar surface area (TPSA) is 96.3 Å². The summed E-state index contributed by atoms with van der Waals surface area (Å²) in [6, 6.07) is 3.89. The van der Waals surface area contributed by atoms with E-state index in [2.05, 4.69) is 4.74 Å². The van der Waals surface area contributed by atoms with Crippen LogP contribution < -0.4 is 10.5 Å². The molecule has 1 aromatic carbocycles. The number of carbonyl (C=O) groups is 1. The molecule has 0 aliphatic heterocycles. The van der Waals surface area contributed by atoms with Crippen LogP contribution in [0.5, 0.6) is 5.75 Å². The van der Waals surface area contributed by atoms with Gasteiger partial charge in [0.2, 0.25) is 0 Å². The zero-order chi connectivity index (χ0) is 13.0. The molecule has 5 nitrogen and oxygen atoms in total. The summed E-state index contributed by atoms with van der Waals surface area (Å²) in [4.78, 5) is 10.9. The Kier molecular flexibility index (Phi) is 3.96. The van der Waals surface area contributed by atoms with E-state index in [4.69, 9.17) is 16.1 Å². The van der Waals surface area contributed by atoms with Gasteiger partial charge in [0.05, 0.1) is 11.6 Å². The molecule has 7 heteroatoms. The number of carboxylic acids is 1. The Morgan fingerprint density at radius 2 is 2.24 bits per heavy atom. The summed E-state index contributed by atoms with van der Waals surface area (Å²) in [7, 11) is 0. The predicted molar refractivity (Wildman–Crippen MR) is 52.6 cm³/mol. The largest absolute Gasteiger partial charge is 0.478 e. The van der Waals surface area contributed by atoms with Crippen LogP contribution >= 0.6 is 0 Å². The average Bonchev–Trinajstić information content (AvgIpc) is 2.28. The molecule has 0 aliphatic rings. The fraction of sp³-hybridized carbons (Fsp3) is 0.200. The predicted octanol–water partition coefficient (Wildman–Crippen LogP) is 1.32. The van der Waals surface area contributed by atoms with Crippen LogP contribution in [0.3, 0.4) is 0 Å². The van der Waals surface area contributed by atoms with Crippen LogP contribution in [0.4, 0.5) is 8.78 Å². The van der Waals surface area contributed by atoms with E-state index in [0.29, 0.717) is 0 Å². The number of aromatic carboxylic acids is 1. The Hall–Kier alpha value is -2.20. The second kappa shape index (κ2) is 5.23. The third kappa shape index (κ3) is 2.89. The third-order valence-electron chi connectivity index (χ3n) is 1.95. The maximum absolute atomic E-state index is 12.1. The molecule has 1 rings (SSSR count). The number of ether oxygens (including phenoxy) is 1. The summed E-state index contributed by atoms with van der Waals surface area (Å²) in [5.74, 6) is -1.97. The highest BCUT2D eigenvalue weighted by molar-refractivity contribution is 5.92. The van der Waals surface area contributed by atoms with Gasteiger partial charge < -0.3 is 15.6 Å². The number of nitrogens with zero attached hydrogens (tertiary/aromatic N) is 1. The molecule has 3 N–H and O–H groups in total. The van der Waals surface area contributed by atoms with Crippen LogP contribution in [0.1, 0.15) is 21.5 Å². The summed E-state index contributed by atoms with van der Waals surface area (Å²) < 4.78 is 28.4. The van der Waals surface area contributed by atoms with Crippen molar-refractivity contribution in [2.45, 2.75) is 13.2 Å². The SMILES string of the molecule is N#Cc1cc(CN)c(OC(F)F)c(C(=O)O)c1. The van der Waals surface area contributed by atoms with Crippen molar-refractivity contribution in [3.05, 3.63) is 28.8 Å². The second-order valence-electron chi connectivity index (χ2n) is 3.01. The quantitative estimate of drug-likeness (QED) is 0.829.